The van der Waals surface area contributed by atoms with E-state index in [9.17, 15) is 4.79 Å². The third-order valence-electron chi connectivity index (χ3n) is 3.21. The van der Waals surface area contributed by atoms with Gasteiger partial charge in [-0.25, -0.2) is 0 Å². The van der Waals surface area contributed by atoms with E-state index in [0.717, 1.165) is 11.1 Å². The van der Waals surface area contributed by atoms with Crippen LogP contribution in [0.1, 0.15) is 21.5 Å². The van der Waals surface area contributed by atoms with E-state index in [2.05, 4.69) is 10.3 Å². The molecule has 110 valence electrons. The maximum atomic E-state index is 12.0. The SMILES string of the molecule is COc1cc(C)c(CNC(=O)c2cccnc2)cc1OC. The summed E-state index contributed by atoms with van der Waals surface area (Å²) in [6, 6.07) is 7.22. The standard InChI is InChI=1S/C16H18N2O3/c1-11-7-14(20-2)15(21-3)8-13(11)10-18-16(19)12-5-4-6-17-9-12/h4-9H,10H2,1-3H3,(H,18,19). The lowest BCUT2D eigenvalue weighted by molar-refractivity contribution is 0.0950. The van der Waals surface area contributed by atoms with Crippen LogP contribution in [0.2, 0.25) is 0 Å². The number of nitrogens with one attached hydrogen (secondary N) is 1. The van der Waals surface area contributed by atoms with Gasteiger partial charge in [-0.3, -0.25) is 9.78 Å². The fourth-order valence-electron chi connectivity index (χ4n) is 1.99. The third-order valence-corrected chi connectivity index (χ3v) is 3.21. The predicted octanol–water partition coefficient (Wildman–Crippen LogP) is 2.34. The molecule has 1 aromatic heterocycles. The van der Waals surface area contributed by atoms with E-state index >= 15 is 0 Å². The van der Waals surface area contributed by atoms with Crippen LogP contribution in [0.4, 0.5) is 0 Å². The van der Waals surface area contributed by atoms with E-state index in [-0.39, 0.29) is 5.91 Å². The predicted molar refractivity (Wildman–Crippen MR) is 79.7 cm³/mol. The number of aromatic nitrogens is 1. The summed E-state index contributed by atoms with van der Waals surface area (Å²) in [5, 5.41) is 2.87. The van der Waals surface area contributed by atoms with Crippen molar-refractivity contribution in [2.75, 3.05) is 14.2 Å². The van der Waals surface area contributed by atoms with Crippen molar-refractivity contribution < 1.29 is 14.3 Å². The normalized spacial score (nSPS) is 10.0. The van der Waals surface area contributed by atoms with Gasteiger partial charge in [0.1, 0.15) is 0 Å². The van der Waals surface area contributed by atoms with Crippen LogP contribution in [0.25, 0.3) is 0 Å². The number of rotatable bonds is 5. The van der Waals surface area contributed by atoms with Crippen molar-refractivity contribution >= 4 is 5.91 Å². The maximum Gasteiger partial charge on any atom is 0.253 e. The molecule has 0 aliphatic rings. The highest BCUT2D eigenvalue weighted by Crippen LogP contribution is 2.30. The summed E-state index contributed by atoms with van der Waals surface area (Å²) in [7, 11) is 3.19. The zero-order valence-corrected chi connectivity index (χ0v) is 12.3. The van der Waals surface area contributed by atoms with Gasteiger partial charge in [0.2, 0.25) is 0 Å². The lowest BCUT2D eigenvalue weighted by atomic mass is 10.1. The molecular formula is C16H18N2O3. The number of ether oxygens (including phenoxy) is 2. The molecule has 0 saturated carbocycles. The van der Waals surface area contributed by atoms with Crippen LogP contribution in [0, 0.1) is 6.92 Å². The van der Waals surface area contributed by atoms with Crippen molar-refractivity contribution in [1.82, 2.24) is 10.3 Å². The summed E-state index contributed by atoms with van der Waals surface area (Å²) in [4.78, 5) is 15.9. The summed E-state index contributed by atoms with van der Waals surface area (Å²) in [6.45, 7) is 2.38. The topological polar surface area (TPSA) is 60.5 Å². The second-order valence-corrected chi connectivity index (χ2v) is 4.56. The van der Waals surface area contributed by atoms with Crippen LogP contribution in [0.15, 0.2) is 36.7 Å². The maximum absolute atomic E-state index is 12.0. The Labute approximate surface area is 123 Å². The van der Waals surface area contributed by atoms with Crippen LogP contribution in [0.3, 0.4) is 0 Å². The lowest BCUT2D eigenvalue weighted by Gasteiger charge is -2.13. The van der Waals surface area contributed by atoms with Crippen LogP contribution in [-0.4, -0.2) is 25.1 Å². The number of pyridine rings is 1. The van der Waals surface area contributed by atoms with Crippen molar-refractivity contribution in [2.45, 2.75) is 13.5 Å². The molecule has 1 amide bonds. The summed E-state index contributed by atoms with van der Waals surface area (Å²) < 4.78 is 10.5. The molecule has 0 aliphatic heterocycles. The Hall–Kier alpha value is -2.56. The molecule has 1 N–H and O–H groups in total. The second-order valence-electron chi connectivity index (χ2n) is 4.56. The average Bonchev–Trinajstić information content (AvgIpc) is 2.53. The number of aryl methyl sites for hydroxylation is 1. The number of amides is 1. The Morgan fingerprint density at radius 3 is 2.57 bits per heavy atom. The molecule has 0 spiro atoms. The van der Waals surface area contributed by atoms with E-state index < -0.39 is 0 Å². The second kappa shape index (κ2) is 6.74. The first-order valence-electron chi connectivity index (χ1n) is 6.55. The molecule has 1 aromatic carbocycles. The van der Waals surface area contributed by atoms with Crippen LogP contribution in [-0.2, 0) is 6.54 Å². The minimum absolute atomic E-state index is 0.155. The zero-order chi connectivity index (χ0) is 15.2. The number of methoxy groups -OCH3 is 2. The monoisotopic (exact) mass is 286 g/mol. The summed E-state index contributed by atoms with van der Waals surface area (Å²) >= 11 is 0. The Bertz CT molecular complexity index is 627. The van der Waals surface area contributed by atoms with Crippen LogP contribution in [0.5, 0.6) is 11.5 Å². The molecule has 0 radical (unpaired) electrons. The van der Waals surface area contributed by atoms with Crippen molar-refractivity contribution in [1.29, 1.82) is 0 Å². The number of benzene rings is 1. The van der Waals surface area contributed by atoms with E-state index in [1.807, 2.05) is 19.1 Å². The van der Waals surface area contributed by atoms with E-state index in [1.54, 1.807) is 32.5 Å². The molecule has 2 rings (SSSR count). The first-order valence-corrected chi connectivity index (χ1v) is 6.55. The Balaban J connectivity index is 2.11. The quantitative estimate of drug-likeness (QED) is 0.916. The number of hydrogen-bond donors (Lipinski definition) is 1. The molecule has 0 aliphatic carbocycles. The van der Waals surface area contributed by atoms with Gasteiger partial charge in [0.25, 0.3) is 5.91 Å². The largest absolute Gasteiger partial charge is 0.493 e. The number of carbonyl (C=O) groups excluding carboxylic acids is 1. The number of hydrogen-bond acceptors (Lipinski definition) is 4. The Kier molecular flexibility index (Phi) is 4.77. The van der Waals surface area contributed by atoms with E-state index in [0.29, 0.717) is 23.6 Å². The molecule has 21 heavy (non-hydrogen) atoms. The minimum Gasteiger partial charge on any atom is -0.493 e. The van der Waals surface area contributed by atoms with Crippen molar-refractivity contribution in [3.63, 3.8) is 0 Å². The Morgan fingerprint density at radius 2 is 1.95 bits per heavy atom. The molecule has 0 saturated heterocycles. The summed E-state index contributed by atoms with van der Waals surface area (Å²) in [5.41, 5.74) is 2.54. The highest BCUT2D eigenvalue weighted by molar-refractivity contribution is 5.93. The van der Waals surface area contributed by atoms with Gasteiger partial charge in [-0.2, -0.15) is 0 Å². The zero-order valence-electron chi connectivity index (χ0n) is 12.3. The highest BCUT2D eigenvalue weighted by Gasteiger charge is 2.10. The number of nitrogens with zero attached hydrogens (tertiary/aromatic N) is 1. The van der Waals surface area contributed by atoms with E-state index in [4.69, 9.17) is 9.47 Å². The molecule has 1 heterocycles. The van der Waals surface area contributed by atoms with Gasteiger partial charge >= 0.3 is 0 Å². The molecular weight excluding hydrogens is 268 g/mol. The first kappa shape index (κ1) is 14.8. The molecule has 0 unspecified atom stereocenters. The van der Waals surface area contributed by atoms with Crippen molar-refractivity contribution in [2.24, 2.45) is 0 Å². The van der Waals surface area contributed by atoms with Crippen LogP contribution < -0.4 is 14.8 Å². The number of carbonyl (C=O) groups is 1. The molecule has 5 heteroatoms. The van der Waals surface area contributed by atoms with Gasteiger partial charge in [0.15, 0.2) is 11.5 Å². The van der Waals surface area contributed by atoms with Gasteiger partial charge in [0, 0.05) is 18.9 Å². The van der Waals surface area contributed by atoms with Gasteiger partial charge in [-0.1, -0.05) is 0 Å². The molecule has 0 bridgehead atoms. The molecule has 0 atom stereocenters. The smallest absolute Gasteiger partial charge is 0.253 e. The summed E-state index contributed by atoms with van der Waals surface area (Å²) in [6.07, 6.45) is 3.17. The van der Waals surface area contributed by atoms with Crippen molar-refractivity contribution in [3.05, 3.63) is 53.3 Å². The van der Waals surface area contributed by atoms with Gasteiger partial charge in [0.05, 0.1) is 19.8 Å². The van der Waals surface area contributed by atoms with Crippen LogP contribution >= 0.6 is 0 Å². The third kappa shape index (κ3) is 3.51. The fraction of sp³-hybridized carbons (Fsp3) is 0.250. The Morgan fingerprint density at radius 1 is 1.24 bits per heavy atom. The van der Waals surface area contributed by atoms with Gasteiger partial charge in [-0.05, 0) is 42.3 Å². The highest BCUT2D eigenvalue weighted by atomic mass is 16.5. The molecule has 5 nitrogen and oxygen atoms in total. The van der Waals surface area contributed by atoms with E-state index in [1.165, 1.54) is 6.20 Å². The molecule has 2 aromatic rings. The first-order chi connectivity index (χ1) is 10.2. The average molecular weight is 286 g/mol. The molecule has 0 fully saturated rings. The minimum atomic E-state index is -0.155. The van der Waals surface area contributed by atoms with Gasteiger partial charge < -0.3 is 14.8 Å². The fourth-order valence-corrected chi connectivity index (χ4v) is 1.99. The summed E-state index contributed by atoms with van der Waals surface area (Å²) in [5.74, 6) is 1.17. The van der Waals surface area contributed by atoms with Gasteiger partial charge in [-0.15, -0.1) is 0 Å². The lowest BCUT2D eigenvalue weighted by Crippen LogP contribution is -2.23. The van der Waals surface area contributed by atoms with Crippen molar-refractivity contribution in [3.8, 4) is 11.5 Å².